The Morgan fingerprint density at radius 1 is 1.41 bits per heavy atom. The van der Waals surface area contributed by atoms with E-state index in [2.05, 4.69) is 9.74 Å². The summed E-state index contributed by atoms with van der Waals surface area (Å²) in [6.07, 6.45) is 4.41. The van der Waals surface area contributed by atoms with Gasteiger partial charge >= 0.3 is 0 Å². The number of anilines is 1. The Labute approximate surface area is 101 Å². The first kappa shape index (κ1) is 12.3. The van der Waals surface area contributed by atoms with E-state index in [0.717, 1.165) is 31.5 Å². The van der Waals surface area contributed by atoms with Crippen molar-refractivity contribution in [1.82, 2.24) is 0 Å². The second kappa shape index (κ2) is 5.98. The van der Waals surface area contributed by atoms with Gasteiger partial charge in [0, 0.05) is 18.3 Å². The molecule has 0 bridgehead atoms. The molecule has 1 saturated heterocycles. The van der Waals surface area contributed by atoms with Gasteiger partial charge in [0.15, 0.2) is 0 Å². The Morgan fingerprint density at radius 2 is 2.29 bits per heavy atom. The standard InChI is InChI=1S/C13H19FN2O/c14-11-4-3-6-13(10-11)16-8-2-1-5-12(16)7-9-17-15/h3-4,6,10,12H,1-2,5,7-9,15H2. The van der Waals surface area contributed by atoms with Crippen LogP contribution in [0.2, 0.25) is 0 Å². The number of benzene rings is 1. The molecule has 94 valence electrons. The van der Waals surface area contributed by atoms with Crippen LogP contribution in [0.5, 0.6) is 0 Å². The van der Waals surface area contributed by atoms with Gasteiger partial charge in [-0.05, 0) is 43.9 Å². The fourth-order valence-electron chi connectivity index (χ4n) is 2.50. The zero-order chi connectivity index (χ0) is 12.1. The third-order valence-electron chi connectivity index (χ3n) is 3.34. The predicted molar refractivity (Wildman–Crippen MR) is 66.1 cm³/mol. The van der Waals surface area contributed by atoms with Crippen LogP contribution >= 0.6 is 0 Å². The molecule has 0 radical (unpaired) electrons. The van der Waals surface area contributed by atoms with Gasteiger partial charge in [0.05, 0.1) is 6.61 Å². The lowest BCUT2D eigenvalue weighted by Gasteiger charge is -2.37. The van der Waals surface area contributed by atoms with Crippen molar-refractivity contribution in [2.24, 2.45) is 5.90 Å². The Bertz CT molecular complexity index is 359. The Kier molecular flexibility index (Phi) is 4.34. The smallest absolute Gasteiger partial charge is 0.125 e. The number of piperidine rings is 1. The van der Waals surface area contributed by atoms with Gasteiger partial charge in [-0.25, -0.2) is 10.3 Å². The molecule has 1 unspecified atom stereocenters. The van der Waals surface area contributed by atoms with Crippen molar-refractivity contribution in [1.29, 1.82) is 0 Å². The molecule has 1 aliphatic heterocycles. The SMILES string of the molecule is NOCCC1CCCCN1c1cccc(F)c1. The van der Waals surface area contributed by atoms with E-state index < -0.39 is 0 Å². The summed E-state index contributed by atoms with van der Waals surface area (Å²) in [5, 5.41) is 0. The maximum absolute atomic E-state index is 13.2. The van der Waals surface area contributed by atoms with Crippen molar-refractivity contribution >= 4 is 5.69 Å². The molecule has 4 heteroatoms. The summed E-state index contributed by atoms with van der Waals surface area (Å²) < 4.78 is 13.2. The molecular weight excluding hydrogens is 219 g/mol. The molecule has 0 amide bonds. The molecule has 2 N–H and O–H groups in total. The number of nitrogens with two attached hydrogens (primary N) is 1. The van der Waals surface area contributed by atoms with Crippen LogP contribution in [0.25, 0.3) is 0 Å². The van der Waals surface area contributed by atoms with Crippen LogP contribution in [-0.4, -0.2) is 19.2 Å². The third kappa shape index (κ3) is 3.17. The lowest BCUT2D eigenvalue weighted by Crippen LogP contribution is -2.40. The summed E-state index contributed by atoms with van der Waals surface area (Å²) in [5.74, 6) is 4.90. The summed E-state index contributed by atoms with van der Waals surface area (Å²) in [4.78, 5) is 6.92. The van der Waals surface area contributed by atoms with Gasteiger partial charge in [-0.3, -0.25) is 0 Å². The summed E-state index contributed by atoms with van der Waals surface area (Å²) in [7, 11) is 0. The number of rotatable bonds is 4. The van der Waals surface area contributed by atoms with Gasteiger partial charge in [0.1, 0.15) is 5.82 Å². The lowest BCUT2D eigenvalue weighted by molar-refractivity contribution is 0.127. The van der Waals surface area contributed by atoms with E-state index in [1.54, 1.807) is 12.1 Å². The Hall–Kier alpha value is -1.13. The average molecular weight is 238 g/mol. The molecule has 1 atom stereocenters. The fourth-order valence-corrected chi connectivity index (χ4v) is 2.50. The Morgan fingerprint density at radius 3 is 3.06 bits per heavy atom. The van der Waals surface area contributed by atoms with Crippen molar-refractivity contribution in [3.8, 4) is 0 Å². The van der Waals surface area contributed by atoms with Gasteiger partial charge < -0.3 is 9.74 Å². The molecule has 1 fully saturated rings. The predicted octanol–water partition coefficient (Wildman–Crippen LogP) is 2.47. The number of hydrogen-bond acceptors (Lipinski definition) is 3. The van der Waals surface area contributed by atoms with Gasteiger partial charge in [0.25, 0.3) is 0 Å². The summed E-state index contributed by atoms with van der Waals surface area (Å²) in [6, 6.07) is 7.21. The first-order chi connectivity index (χ1) is 8.31. The topological polar surface area (TPSA) is 38.5 Å². The molecule has 1 heterocycles. The summed E-state index contributed by atoms with van der Waals surface area (Å²) >= 11 is 0. The summed E-state index contributed by atoms with van der Waals surface area (Å²) in [6.45, 7) is 1.54. The van der Waals surface area contributed by atoms with Crippen molar-refractivity contribution in [2.45, 2.75) is 31.7 Å². The maximum atomic E-state index is 13.2. The van der Waals surface area contributed by atoms with Crippen LogP contribution in [0.1, 0.15) is 25.7 Å². The average Bonchev–Trinajstić information content (AvgIpc) is 2.37. The van der Waals surface area contributed by atoms with Crippen LogP contribution in [0.3, 0.4) is 0 Å². The Balaban J connectivity index is 2.10. The molecule has 0 saturated carbocycles. The quantitative estimate of drug-likeness (QED) is 0.819. The number of halogens is 1. The van der Waals surface area contributed by atoms with E-state index in [4.69, 9.17) is 5.90 Å². The highest BCUT2D eigenvalue weighted by Crippen LogP contribution is 2.26. The first-order valence-corrected chi connectivity index (χ1v) is 6.15. The molecular formula is C13H19FN2O. The van der Waals surface area contributed by atoms with E-state index in [-0.39, 0.29) is 5.82 Å². The highest BCUT2D eigenvalue weighted by molar-refractivity contribution is 5.47. The third-order valence-corrected chi connectivity index (χ3v) is 3.34. The fraction of sp³-hybridized carbons (Fsp3) is 0.538. The first-order valence-electron chi connectivity index (χ1n) is 6.15. The monoisotopic (exact) mass is 238 g/mol. The van der Waals surface area contributed by atoms with Crippen LogP contribution < -0.4 is 10.8 Å². The zero-order valence-electron chi connectivity index (χ0n) is 9.94. The minimum absolute atomic E-state index is 0.179. The maximum Gasteiger partial charge on any atom is 0.125 e. The van der Waals surface area contributed by atoms with Gasteiger partial charge in [0.2, 0.25) is 0 Å². The van der Waals surface area contributed by atoms with Crippen molar-refractivity contribution < 1.29 is 9.23 Å². The molecule has 1 aromatic carbocycles. The second-order valence-electron chi connectivity index (χ2n) is 4.48. The van der Waals surface area contributed by atoms with Crippen LogP contribution in [0.15, 0.2) is 24.3 Å². The lowest BCUT2D eigenvalue weighted by atomic mass is 9.99. The van der Waals surface area contributed by atoms with E-state index in [1.807, 2.05) is 6.07 Å². The van der Waals surface area contributed by atoms with E-state index in [9.17, 15) is 4.39 Å². The van der Waals surface area contributed by atoms with Crippen molar-refractivity contribution in [3.05, 3.63) is 30.1 Å². The molecule has 1 aliphatic rings. The molecule has 2 rings (SSSR count). The zero-order valence-corrected chi connectivity index (χ0v) is 9.94. The highest BCUT2D eigenvalue weighted by atomic mass is 19.1. The number of nitrogens with zero attached hydrogens (tertiary/aromatic N) is 1. The summed E-state index contributed by atoms with van der Waals surface area (Å²) in [5.41, 5.74) is 0.965. The molecule has 0 aliphatic carbocycles. The van der Waals surface area contributed by atoms with Crippen LogP contribution in [-0.2, 0) is 4.84 Å². The van der Waals surface area contributed by atoms with Crippen molar-refractivity contribution in [2.75, 3.05) is 18.1 Å². The van der Waals surface area contributed by atoms with Gasteiger partial charge in [-0.1, -0.05) is 6.07 Å². The van der Waals surface area contributed by atoms with Crippen molar-refractivity contribution in [3.63, 3.8) is 0 Å². The highest BCUT2D eigenvalue weighted by Gasteiger charge is 2.22. The van der Waals surface area contributed by atoms with E-state index in [1.165, 1.54) is 12.5 Å². The van der Waals surface area contributed by atoms with Gasteiger partial charge in [-0.15, -0.1) is 0 Å². The minimum Gasteiger partial charge on any atom is -0.368 e. The molecule has 17 heavy (non-hydrogen) atoms. The normalized spacial score (nSPS) is 20.6. The molecule has 0 aromatic heterocycles. The van der Waals surface area contributed by atoms with Crippen LogP contribution in [0, 0.1) is 5.82 Å². The van der Waals surface area contributed by atoms with Gasteiger partial charge in [-0.2, -0.15) is 0 Å². The van der Waals surface area contributed by atoms with E-state index in [0.29, 0.717) is 12.6 Å². The molecule has 3 nitrogen and oxygen atoms in total. The van der Waals surface area contributed by atoms with E-state index >= 15 is 0 Å². The largest absolute Gasteiger partial charge is 0.368 e. The second-order valence-corrected chi connectivity index (χ2v) is 4.48. The molecule has 1 aromatic rings. The number of hydrogen-bond donors (Lipinski definition) is 1. The molecule has 0 spiro atoms. The van der Waals surface area contributed by atoms with Crippen LogP contribution in [0.4, 0.5) is 10.1 Å². The minimum atomic E-state index is -0.179.